The van der Waals surface area contributed by atoms with Gasteiger partial charge in [0.2, 0.25) is 0 Å². The van der Waals surface area contributed by atoms with Crippen LogP contribution in [0.2, 0.25) is 0 Å². The van der Waals surface area contributed by atoms with Crippen LogP contribution in [0.15, 0.2) is 40.6 Å². The number of carboxylic acids is 1. The fraction of sp³-hybridized carbons (Fsp3) is 0.100. The van der Waals surface area contributed by atoms with Crippen LogP contribution in [0.4, 0.5) is 0 Å². The SMILES string of the molecule is C/C=C\Sc1ccccc1C(=O)O. The van der Waals surface area contributed by atoms with Crippen molar-refractivity contribution < 1.29 is 9.90 Å². The smallest absolute Gasteiger partial charge is 0.336 e. The van der Waals surface area contributed by atoms with Gasteiger partial charge in [-0.25, -0.2) is 4.79 Å². The van der Waals surface area contributed by atoms with Crippen molar-refractivity contribution in [1.29, 1.82) is 0 Å². The number of benzene rings is 1. The third-order valence-electron chi connectivity index (χ3n) is 1.45. The van der Waals surface area contributed by atoms with Crippen LogP contribution < -0.4 is 0 Å². The maximum Gasteiger partial charge on any atom is 0.336 e. The van der Waals surface area contributed by atoms with Crippen LogP contribution in [0.3, 0.4) is 0 Å². The summed E-state index contributed by atoms with van der Waals surface area (Å²) in [6.45, 7) is 1.90. The predicted molar refractivity (Wildman–Crippen MR) is 54.1 cm³/mol. The molecule has 0 fully saturated rings. The van der Waals surface area contributed by atoms with Crippen LogP contribution in [0.1, 0.15) is 17.3 Å². The molecule has 0 heterocycles. The monoisotopic (exact) mass is 194 g/mol. The fourth-order valence-electron chi connectivity index (χ4n) is 0.887. The van der Waals surface area contributed by atoms with Crippen molar-refractivity contribution in [2.75, 3.05) is 0 Å². The molecule has 68 valence electrons. The van der Waals surface area contributed by atoms with Crippen LogP contribution in [0.5, 0.6) is 0 Å². The van der Waals surface area contributed by atoms with Crippen molar-refractivity contribution in [3.8, 4) is 0 Å². The Morgan fingerprint density at radius 1 is 1.46 bits per heavy atom. The zero-order valence-electron chi connectivity index (χ0n) is 7.23. The van der Waals surface area contributed by atoms with E-state index in [-0.39, 0.29) is 0 Å². The van der Waals surface area contributed by atoms with Gasteiger partial charge in [0.25, 0.3) is 0 Å². The molecule has 0 unspecified atom stereocenters. The summed E-state index contributed by atoms with van der Waals surface area (Å²) >= 11 is 1.41. The summed E-state index contributed by atoms with van der Waals surface area (Å²) in [5, 5.41) is 10.7. The number of aromatic carboxylic acids is 1. The Labute approximate surface area is 81.3 Å². The average Bonchev–Trinajstić information content (AvgIpc) is 2.15. The zero-order chi connectivity index (χ0) is 9.68. The van der Waals surface area contributed by atoms with Gasteiger partial charge in [-0.3, -0.25) is 0 Å². The van der Waals surface area contributed by atoms with E-state index in [0.717, 1.165) is 4.90 Å². The van der Waals surface area contributed by atoms with E-state index in [4.69, 9.17) is 5.11 Å². The lowest BCUT2D eigenvalue weighted by Gasteiger charge is -2.00. The largest absolute Gasteiger partial charge is 0.478 e. The Kier molecular flexibility index (Phi) is 3.58. The standard InChI is InChI=1S/C10H10O2S/c1-2-7-13-9-6-4-3-5-8(9)10(11)12/h2-7H,1H3,(H,11,12)/b7-2-. The predicted octanol–water partition coefficient (Wildman–Crippen LogP) is 3.01. The second kappa shape index (κ2) is 4.72. The van der Waals surface area contributed by atoms with Crippen molar-refractivity contribution in [2.24, 2.45) is 0 Å². The van der Waals surface area contributed by atoms with Crippen LogP contribution in [0.25, 0.3) is 0 Å². The summed E-state index contributed by atoms with van der Waals surface area (Å²) in [7, 11) is 0. The minimum Gasteiger partial charge on any atom is -0.478 e. The van der Waals surface area contributed by atoms with Gasteiger partial charge in [0, 0.05) is 4.90 Å². The third kappa shape index (κ3) is 2.63. The maximum atomic E-state index is 10.7. The number of allylic oxidation sites excluding steroid dienone is 1. The number of thioether (sulfide) groups is 1. The molecule has 2 nitrogen and oxygen atoms in total. The van der Waals surface area contributed by atoms with Crippen molar-refractivity contribution in [3.05, 3.63) is 41.3 Å². The molecule has 13 heavy (non-hydrogen) atoms. The molecule has 0 amide bonds. The highest BCUT2D eigenvalue weighted by Gasteiger charge is 2.07. The summed E-state index contributed by atoms with van der Waals surface area (Å²) in [4.78, 5) is 11.5. The summed E-state index contributed by atoms with van der Waals surface area (Å²) in [5.74, 6) is -0.882. The summed E-state index contributed by atoms with van der Waals surface area (Å²) < 4.78 is 0. The van der Waals surface area contributed by atoms with Gasteiger partial charge in [0.15, 0.2) is 0 Å². The van der Waals surface area contributed by atoms with Crippen molar-refractivity contribution in [2.45, 2.75) is 11.8 Å². The normalized spacial score (nSPS) is 10.5. The van der Waals surface area contributed by atoms with E-state index in [1.165, 1.54) is 11.8 Å². The van der Waals surface area contributed by atoms with E-state index in [0.29, 0.717) is 5.56 Å². The minimum absolute atomic E-state index is 0.352. The highest BCUT2D eigenvalue weighted by molar-refractivity contribution is 8.02. The quantitative estimate of drug-likeness (QED) is 0.751. The molecule has 0 spiro atoms. The Hall–Kier alpha value is -1.22. The van der Waals surface area contributed by atoms with Gasteiger partial charge in [0.1, 0.15) is 0 Å². The lowest BCUT2D eigenvalue weighted by Crippen LogP contribution is -1.97. The number of hydrogen-bond acceptors (Lipinski definition) is 2. The van der Waals surface area contributed by atoms with Crippen molar-refractivity contribution >= 4 is 17.7 Å². The molecule has 1 aromatic carbocycles. The van der Waals surface area contributed by atoms with Crippen LogP contribution >= 0.6 is 11.8 Å². The minimum atomic E-state index is -0.882. The molecule has 3 heteroatoms. The van der Waals surface area contributed by atoms with E-state index in [1.54, 1.807) is 18.2 Å². The first-order valence-electron chi connectivity index (χ1n) is 3.86. The maximum absolute atomic E-state index is 10.7. The van der Waals surface area contributed by atoms with Gasteiger partial charge >= 0.3 is 5.97 Å². The molecule has 0 aliphatic heterocycles. The van der Waals surface area contributed by atoms with Crippen molar-refractivity contribution in [1.82, 2.24) is 0 Å². The van der Waals surface area contributed by atoms with Gasteiger partial charge < -0.3 is 5.11 Å². The fourth-order valence-corrected chi connectivity index (χ4v) is 1.61. The lowest BCUT2D eigenvalue weighted by molar-refractivity contribution is 0.0693. The molecular weight excluding hydrogens is 184 g/mol. The van der Waals surface area contributed by atoms with E-state index in [1.807, 2.05) is 24.5 Å². The van der Waals surface area contributed by atoms with Gasteiger partial charge in [-0.1, -0.05) is 30.0 Å². The Balaban J connectivity index is 2.97. The molecule has 1 aromatic rings. The Morgan fingerprint density at radius 2 is 2.15 bits per heavy atom. The highest BCUT2D eigenvalue weighted by atomic mass is 32.2. The second-order valence-corrected chi connectivity index (χ2v) is 3.34. The molecule has 0 saturated carbocycles. The second-order valence-electron chi connectivity index (χ2n) is 2.39. The Bertz CT molecular complexity index is 331. The van der Waals surface area contributed by atoms with Gasteiger partial charge in [-0.05, 0) is 24.5 Å². The molecular formula is C10H10O2S. The molecule has 0 aliphatic carbocycles. The summed E-state index contributed by atoms with van der Waals surface area (Å²) in [6.07, 6.45) is 1.88. The molecule has 0 bridgehead atoms. The number of hydrogen-bond donors (Lipinski definition) is 1. The van der Waals surface area contributed by atoms with Crippen LogP contribution in [-0.2, 0) is 0 Å². The molecule has 1 rings (SSSR count). The molecule has 0 aromatic heterocycles. The van der Waals surface area contributed by atoms with Crippen LogP contribution in [-0.4, -0.2) is 11.1 Å². The highest BCUT2D eigenvalue weighted by Crippen LogP contribution is 2.23. The first kappa shape index (κ1) is 9.86. The van der Waals surface area contributed by atoms with E-state index < -0.39 is 5.97 Å². The van der Waals surface area contributed by atoms with E-state index in [2.05, 4.69) is 0 Å². The average molecular weight is 194 g/mol. The topological polar surface area (TPSA) is 37.3 Å². The molecule has 0 atom stereocenters. The summed E-state index contributed by atoms with van der Waals surface area (Å²) in [6, 6.07) is 6.96. The first-order chi connectivity index (χ1) is 6.25. The number of rotatable bonds is 3. The molecule has 0 aliphatic rings. The molecule has 1 N–H and O–H groups in total. The zero-order valence-corrected chi connectivity index (χ0v) is 8.04. The molecule has 0 radical (unpaired) electrons. The van der Waals surface area contributed by atoms with E-state index in [9.17, 15) is 4.79 Å². The molecule has 0 saturated heterocycles. The van der Waals surface area contributed by atoms with Gasteiger partial charge in [-0.15, -0.1) is 0 Å². The van der Waals surface area contributed by atoms with Crippen molar-refractivity contribution in [3.63, 3.8) is 0 Å². The number of carboxylic acid groups (broad SMARTS) is 1. The third-order valence-corrected chi connectivity index (χ3v) is 2.47. The lowest BCUT2D eigenvalue weighted by atomic mass is 10.2. The number of carbonyl (C=O) groups is 1. The Morgan fingerprint density at radius 3 is 2.77 bits per heavy atom. The first-order valence-corrected chi connectivity index (χ1v) is 4.74. The van der Waals surface area contributed by atoms with Gasteiger partial charge in [0.05, 0.1) is 5.56 Å². The van der Waals surface area contributed by atoms with Gasteiger partial charge in [-0.2, -0.15) is 0 Å². The summed E-state index contributed by atoms with van der Waals surface area (Å²) in [5.41, 5.74) is 0.352. The van der Waals surface area contributed by atoms with E-state index >= 15 is 0 Å². The van der Waals surface area contributed by atoms with Crippen LogP contribution in [0, 0.1) is 0 Å².